The van der Waals surface area contributed by atoms with Crippen molar-refractivity contribution >= 4 is 318 Å². The third-order valence-electron chi connectivity index (χ3n) is 15.9. The molecular weight excluding hydrogens is 2560 g/mol. The van der Waals surface area contributed by atoms with Crippen LogP contribution in [0, 0.1) is 10.8 Å². The summed E-state index contributed by atoms with van der Waals surface area (Å²) in [5, 5.41) is 7.72. The second kappa shape index (κ2) is 50.8. The number of rotatable bonds is 45. The van der Waals surface area contributed by atoms with Crippen LogP contribution in [0.15, 0.2) is 0 Å². The van der Waals surface area contributed by atoms with E-state index < -0.39 is 219 Å². The molecule has 5 atom stereocenters. The molecular formula is C78H122Br14N4O26S. The Balaban J connectivity index is 0. The van der Waals surface area contributed by atoms with E-state index in [2.05, 4.69) is 244 Å². The zero-order chi connectivity index (χ0) is 97.5. The van der Waals surface area contributed by atoms with Crippen LogP contribution in [0.4, 0.5) is 0 Å². The maximum Gasteiger partial charge on any atom is 0.323 e. The first-order valence-corrected chi connectivity index (χ1v) is 50.1. The van der Waals surface area contributed by atoms with Gasteiger partial charge in [-0.1, -0.05) is 223 Å². The Bertz CT molecular complexity index is 3260. The number of hydrogen-bond donors (Lipinski definition) is 3. The van der Waals surface area contributed by atoms with E-state index in [4.69, 9.17) is 56.8 Å². The molecule has 714 valence electrons. The summed E-state index contributed by atoms with van der Waals surface area (Å²) in [7, 11) is 0. The Kier molecular flexibility index (Phi) is 51.4. The van der Waals surface area contributed by atoms with Gasteiger partial charge in [-0.2, -0.15) is 0 Å². The SMILES string of the molecule is CC(C)(Br)C(=O)NCCN(CCNC(=O)C(C)(C)Br)CCNC(=O)C(C)(C)Br.CC(C)(Br)C(=O)OCC(COCC(COC(=O)C(C)(C)Br)(COC(=O)C(C)(C)Br)COC(=O)C(C)(C)Br)(COC(=O)C(C)(C)Br)COC(=O)C(C)(C)Br.CC(C)(Br)C(=O)OCC1SC(OC(=O)C(C)(C)Br)C(OC(=O)C(C)(C)Br)C(OC(=O)C(C)(C)Br)C1OC(=O)C(C)(C)Br. The van der Waals surface area contributed by atoms with Crippen molar-refractivity contribution in [3.8, 4) is 0 Å². The molecule has 0 saturated carbocycles. The quantitative estimate of drug-likeness (QED) is 0.0289. The normalized spacial score (nSPS) is 16.8. The van der Waals surface area contributed by atoms with Gasteiger partial charge in [0, 0.05) is 39.3 Å². The number of amides is 3. The lowest BCUT2D eigenvalue weighted by Crippen LogP contribution is -2.61. The molecule has 0 aromatic rings. The standard InChI is InChI=1S/C34H52Br6O13.C26H37Br5O10S.C18H33Br3N4O3/c1-27(2,35)21(41)48-15-33(16-49-22(42)28(3,4)36,17-50-23(43)29(5,6)37)13-47-14-34(18-51-24(44)30(7,8)38,19-52-25(45)31(9,10)39)20-53-26(46)32(11,12)40;1-22(2,27)17(32)37-11-12-13(38-18(33)23(3,4)28)14(39-19(34)24(5,6)29)15(40-20(35)25(7,8)30)16(42-12)41-21(36)26(9,10)31;1-16(2,19)13(26)22-7-10-25(11-8-23-14(27)17(3,4)20)12-9-24-15(28)18(5,6)21/h13-20H2,1-12H3;12-16H,11H2,1-10H3;7-12H2,1-6H3,(H,22,26)(H,23,27)(H,24,28). The fourth-order valence-electron chi connectivity index (χ4n) is 8.15. The van der Waals surface area contributed by atoms with Crippen LogP contribution in [0.2, 0.25) is 0 Å². The number of alkyl halides is 14. The van der Waals surface area contributed by atoms with Gasteiger partial charge in [-0.25, -0.2) is 0 Å². The molecule has 1 saturated heterocycles. The maximum absolute atomic E-state index is 13.2. The molecule has 123 heavy (non-hydrogen) atoms. The first kappa shape index (κ1) is 125. The average molecular weight is 2680 g/mol. The van der Waals surface area contributed by atoms with E-state index in [-0.39, 0.29) is 24.3 Å². The fraction of sp³-hybridized carbons (Fsp3) is 0.821. The molecule has 3 amide bonds. The lowest BCUT2D eigenvalue weighted by molar-refractivity contribution is -0.200. The van der Waals surface area contributed by atoms with Crippen molar-refractivity contribution in [2.45, 2.75) is 283 Å². The summed E-state index contributed by atoms with van der Waals surface area (Å²) in [6.07, 6.45) is -4.23. The van der Waals surface area contributed by atoms with E-state index in [1.165, 1.54) is 0 Å². The number of nitrogens with one attached hydrogen (secondary N) is 3. The Morgan fingerprint density at radius 2 is 0.447 bits per heavy atom. The minimum atomic E-state index is -1.51. The molecule has 0 aliphatic carbocycles. The van der Waals surface area contributed by atoms with Crippen molar-refractivity contribution in [2.24, 2.45) is 10.8 Å². The topological polar surface area (TPSA) is 389 Å². The van der Waals surface area contributed by atoms with Gasteiger partial charge in [-0.15, -0.1) is 11.8 Å². The van der Waals surface area contributed by atoms with Crippen molar-refractivity contribution in [3.63, 3.8) is 0 Å². The monoisotopic (exact) mass is 2670 g/mol. The molecule has 0 spiro atoms. The molecule has 0 aromatic carbocycles. The van der Waals surface area contributed by atoms with Crippen LogP contribution in [0.1, 0.15) is 194 Å². The third-order valence-corrected chi connectivity index (χ3v) is 21.9. The Morgan fingerprint density at radius 1 is 0.252 bits per heavy atom. The largest absolute Gasteiger partial charge is 0.464 e. The second-order valence-corrected chi connectivity index (χ2v) is 64.9. The van der Waals surface area contributed by atoms with Crippen molar-refractivity contribution in [1.29, 1.82) is 0 Å². The summed E-state index contributed by atoms with van der Waals surface area (Å²) in [6, 6.07) is 0. The first-order valence-electron chi connectivity index (χ1n) is 38.1. The highest BCUT2D eigenvalue weighted by atomic mass is 79.9. The molecule has 1 heterocycles. The second-order valence-electron chi connectivity index (χ2n) is 35.8. The van der Waals surface area contributed by atoms with Gasteiger partial charge < -0.3 is 72.8 Å². The van der Waals surface area contributed by atoms with Gasteiger partial charge >= 0.3 is 65.7 Å². The average Bonchev–Trinajstić information content (AvgIpc) is 0.775. The van der Waals surface area contributed by atoms with Crippen LogP contribution in [0.5, 0.6) is 0 Å². The van der Waals surface area contributed by atoms with Gasteiger partial charge in [0.2, 0.25) is 17.7 Å². The van der Waals surface area contributed by atoms with Gasteiger partial charge in [0.25, 0.3) is 0 Å². The number of halogens is 14. The van der Waals surface area contributed by atoms with Crippen LogP contribution in [-0.4, -0.2) is 277 Å². The zero-order valence-electron chi connectivity index (χ0n) is 74.8. The molecule has 1 fully saturated rings. The molecule has 30 nitrogen and oxygen atoms in total. The van der Waals surface area contributed by atoms with Crippen LogP contribution < -0.4 is 16.0 Å². The highest BCUT2D eigenvalue weighted by Gasteiger charge is 2.57. The molecule has 1 aliphatic heterocycles. The number of hydrogen-bond acceptors (Lipinski definition) is 28. The maximum atomic E-state index is 13.2. The van der Waals surface area contributed by atoms with Gasteiger partial charge in [0.15, 0.2) is 23.7 Å². The van der Waals surface area contributed by atoms with E-state index in [0.717, 1.165) is 11.8 Å². The Hall–Kier alpha value is -0.430. The lowest BCUT2D eigenvalue weighted by Gasteiger charge is -2.45. The van der Waals surface area contributed by atoms with Gasteiger partial charge in [-0.05, 0) is 194 Å². The predicted octanol–water partition coefficient (Wildman–Crippen LogP) is 15.6. The molecule has 0 aromatic heterocycles. The van der Waals surface area contributed by atoms with E-state index in [9.17, 15) is 67.1 Å². The number of ether oxygens (including phenoxy) is 12. The van der Waals surface area contributed by atoms with E-state index >= 15 is 0 Å². The van der Waals surface area contributed by atoms with Crippen molar-refractivity contribution in [3.05, 3.63) is 0 Å². The summed E-state index contributed by atoms with van der Waals surface area (Å²) < 4.78 is 54.8. The number of thioether (sulfide) groups is 1. The van der Waals surface area contributed by atoms with Gasteiger partial charge in [0.1, 0.15) is 93.8 Å². The smallest absolute Gasteiger partial charge is 0.323 e. The highest BCUT2D eigenvalue weighted by Crippen LogP contribution is 2.43. The molecule has 0 radical (unpaired) electrons. The molecule has 45 heteroatoms. The summed E-state index contributed by atoms with van der Waals surface area (Å²) in [5.41, 5.74) is -4.30. The van der Waals surface area contributed by atoms with Crippen LogP contribution in [0.25, 0.3) is 0 Å². The van der Waals surface area contributed by atoms with Crippen LogP contribution in [-0.2, 0) is 124 Å². The van der Waals surface area contributed by atoms with Crippen LogP contribution >= 0.6 is 235 Å². The van der Waals surface area contributed by atoms with E-state index in [0.29, 0.717) is 39.3 Å². The summed E-state index contributed by atoms with van der Waals surface area (Å²) in [4.78, 5) is 181. The van der Waals surface area contributed by atoms with Crippen molar-refractivity contribution in [1.82, 2.24) is 20.9 Å². The third kappa shape index (κ3) is 49.9. The Morgan fingerprint density at radius 3 is 0.659 bits per heavy atom. The molecule has 3 N–H and O–H groups in total. The minimum Gasteiger partial charge on any atom is -0.464 e. The summed E-state index contributed by atoms with van der Waals surface area (Å²) in [6.45, 7) is 44.6. The Labute approximate surface area is 846 Å². The lowest BCUT2D eigenvalue weighted by atomic mass is 9.90. The van der Waals surface area contributed by atoms with Crippen LogP contribution in [0.3, 0.4) is 0 Å². The fourth-order valence-corrected chi connectivity index (χ4v) is 11.1. The minimum absolute atomic E-state index is 0.0869. The zero-order valence-corrected chi connectivity index (χ0v) is 97.8. The molecule has 5 unspecified atom stereocenters. The van der Waals surface area contributed by atoms with Gasteiger partial charge in [0.05, 0.1) is 42.3 Å². The van der Waals surface area contributed by atoms with E-state index in [1.54, 1.807) is 194 Å². The highest BCUT2D eigenvalue weighted by molar-refractivity contribution is 9.12. The summed E-state index contributed by atoms with van der Waals surface area (Å²) >= 11 is 46.9. The number of esters is 11. The summed E-state index contributed by atoms with van der Waals surface area (Å²) in [5.74, 6) is -7.89. The number of nitrogens with zero attached hydrogens (tertiary/aromatic N) is 1. The number of carbonyl (C=O) groups excluding carboxylic acids is 14. The molecule has 1 rings (SSSR count). The molecule has 0 bridgehead atoms. The molecule has 1 aliphatic rings. The van der Waals surface area contributed by atoms with Gasteiger partial charge in [-0.3, -0.25) is 72.0 Å². The van der Waals surface area contributed by atoms with Crippen molar-refractivity contribution < 1.29 is 124 Å². The first-order chi connectivity index (χ1) is 54.6. The predicted molar refractivity (Wildman–Crippen MR) is 521 cm³/mol. The number of carbonyl (C=O) groups is 14. The van der Waals surface area contributed by atoms with Crippen molar-refractivity contribution in [2.75, 3.05) is 98.7 Å². The van der Waals surface area contributed by atoms with E-state index in [1.807, 2.05) is 0 Å².